The minimum absolute atomic E-state index is 0.233. The van der Waals surface area contributed by atoms with Crippen LogP contribution in [0.2, 0.25) is 0 Å². The van der Waals surface area contributed by atoms with Gasteiger partial charge in [0.2, 0.25) is 0 Å². The number of nitrogens with one attached hydrogen (secondary N) is 2. The van der Waals surface area contributed by atoms with Gasteiger partial charge in [-0.25, -0.2) is 9.37 Å². The van der Waals surface area contributed by atoms with Crippen LogP contribution < -0.4 is 14.4 Å². The molecule has 0 amide bonds. The number of imidazole rings is 1. The number of hydrogen-bond acceptors (Lipinski definition) is 6. The molecule has 2 aromatic carbocycles. The number of fused-ring (bicyclic) bond motifs is 1. The van der Waals surface area contributed by atoms with Gasteiger partial charge in [0.05, 0.1) is 30.9 Å². The second-order valence-electron chi connectivity index (χ2n) is 8.70. The van der Waals surface area contributed by atoms with Crippen molar-refractivity contribution in [3.8, 4) is 23.0 Å². The number of aromatic amines is 2. The lowest BCUT2D eigenvalue weighted by atomic mass is 10.1. The molecule has 9 heteroatoms. The van der Waals surface area contributed by atoms with Crippen LogP contribution >= 0.6 is 0 Å². The molecule has 1 saturated heterocycles. The number of aryl methyl sites for hydroxylation is 2. The average molecular weight is 465 g/mol. The smallest absolute Gasteiger partial charge is 0.159 e. The van der Waals surface area contributed by atoms with Crippen LogP contribution in [-0.2, 0) is 12.8 Å². The number of methoxy groups -OCH3 is 2. The third kappa shape index (κ3) is 4.56. The summed E-state index contributed by atoms with van der Waals surface area (Å²) >= 11 is 0. The number of rotatable bonds is 7. The van der Waals surface area contributed by atoms with Gasteiger partial charge in [0.15, 0.2) is 5.82 Å². The van der Waals surface area contributed by atoms with Crippen LogP contribution in [0.25, 0.3) is 22.6 Å². The summed E-state index contributed by atoms with van der Waals surface area (Å²) in [5.41, 5.74) is 4.81. The number of H-pyrrole nitrogens is 2. The van der Waals surface area contributed by atoms with Gasteiger partial charge >= 0.3 is 0 Å². The molecule has 1 aliphatic heterocycles. The maximum Gasteiger partial charge on any atom is 0.159 e. The summed E-state index contributed by atoms with van der Waals surface area (Å²) in [5, 5.41) is 7.52. The van der Waals surface area contributed by atoms with Crippen molar-refractivity contribution >= 4 is 16.7 Å². The van der Waals surface area contributed by atoms with Gasteiger partial charge in [-0.1, -0.05) is 0 Å². The first-order valence-corrected chi connectivity index (χ1v) is 11.4. The SMILES string of the molecule is COc1cc(CCc2cc(-c3nc4cc(N5CCN(C)CC5)c(F)cc4[nH]3)n[nH]2)cc(OC)c1. The number of halogens is 1. The largest absolute Gasteiger partial charge is 0.497 e. The minimum atomic E-state index is -0.233. The van der Waals surface area contributed by atoms with E-state index < -0.39 is 0 Å². The fraction of sp³-hybridized carbons (Fsp3) is 0.360. The van der Waals surface area contributed by atoms with Crippen molar-refractivity contribution in [3.05, 3.63) is 53.5 Å². The van der Waals surface area contributed by atoms with Crippen molar-refractivity contribution in [2.24, 2.45) is 0 Å². The van der Waals surface area contributed by atoms with Crippen LogP contribution in [0.4, 0.5) is 10.1 Å². The molecule has 3 heterocycles. The predicted octanol–water partition coefficient (Wildman–Crippen LogP) is 3.65. The highest BCUT2D eigenvalue weighted by atomic mass is 19.1. The van der Waals surface area contributed by atoms with E-state index in [-0.39, 0.29) is 5.82 Å². The Morgan fingerprint density at radius 3 is 2.38 bits per heavy atom. The minimum Gasteiger partial charge on any atom is -0.497 e. The van der Waals surface area contributed by atoms with Gasteiger partial charge in [0.1, 0.15) is 23.0 Å². The number of likely N-dealkylation sites (N-methyl/N-ethyl adjacent to an activating group) is 1. The molecule has 1 aliphatic rings. The lowest BCUT2D eigenvalue weighted by Crippen LogP contribution is -2.44. The van der Waals surface area contributed by atoms with E-state index >= 15 is 0 Å². The summed E-state index contributed by atoms with van der Waals surface area (Å²) in [6.07, 6.45) is 1.57. The molecule has 0 radical (unpaired) electrons. The Morgan fingerprint density at radius 1 is 0.941 bits per heavy atom. The van der Waals surface area contributed by atoms with Crippen molar-refractivity contribution in [1.82, 2.24) is 25.1 Å². The second kappa shape index (κ2) is 9.34. The first-order valence-electron chi connectivity index (χ1n) is 11.4. The molecule has 178 valence electrons. The number of aromatic nitrogens is 4. The normalized spacial score (nSPS) is 14.6. The molecule has 0 spiro atoms. The van der Waals surface area contributed by atoms with Crippen LogP contribution in [0, 0.1) is 5.82 Å². The zero-order valence-corrected chi connectivity index (χ0v) is 19.7. The Hall–Kier alpha value is -3.59. The monoisotopic (exact) mass is 464 g/mol. The molecule has 8 nitrogen and oxygen atoms in total. The molecule has 2 aromatic heterocycles. The van der Waals surface area contributed by atoms with Gasteiger partial charge in [-0.3, -0.25) is 5.10 Å². The number of piperazine rings is 1. The van der Waals surface area contributed by atoms with Crippen molar-refractivity contribution in [2.75, 3.05) is 52.3 Å². The van der Waals surface area contributed by atoms with Gasteiger partial charge in [-0.2, -0.15) is 5.10 Å². The van der Waals surface area contributed by atoms with E-state index in [4.69, 9.17) is 14.5 Å². The lowest BCUT2D eigenvalue weighted by molar-refractivity contribution is 0.312. The number of anilines is 1. The second-order valence-corrected chi connectivity index (χ2v) is 8.70. The van der Waals surface area contributed by atoms with E-state index in [2.05, 4.69) is 32.0 Å². The van der Waals surface area contributed by atoms with Crippen LogP contribution in [0.1, 0.15) is 11.3 Å². The fourth-order valence-electron chi connectivity index (χ4n) is 4.33. The van der Waals surface area contributed by atoms with Crippen LogP contribution in [0.3, 0.4) is 0 Å². The van der Waals surface area contributed by atoms with E-state index in [1.165, 1.54) is 6.07 Å². The van der Waals surface area contributed by atoms with Gasteiger partial charge < -0.3 is 24.3 Å². The highest BCUT2D eigenvalue weighted by Gasteiger charge is 2.19. The van der Waals surface area contributed by atoms with Crippen LogP contribution in [-0.4, -0.2) is 72.5 Å². The highest BCUT2D eigenvalue weighted by molar-refractivity contribution is 5.83. The molecule has 0 saturated carbocycles. The molecule has 0 bridgehead atoms. The van der Waals surface area contributed by atoms with Crippen molar-refractivity contribution in [2.45, 2.75) is 12.8 Å². The van der Waals surface area contributed by atoms with Crippen molar-refractivity contribution in [3.63, 3.8) is 0 Å². The first kappa shape index (κ1) is 22.2. The molecule has 0 atom stereocenters. The lowest BCUT2D eigenvalue weighted by Gasteiger charge is -2.34. The number of benzene rings is 2. The summed E-state index contributed by atoms with van der Waals surface area (Å²) in [5.74, 6) is 1.93. The summed E-state index contributed by atoms with van der Waals surface area (Å²) in [4.78, 5) is 12.2. The zero-order chi connectivity index (χ0) is 23.7. The first-order chi connectivity index (χ1) is 16.5. The van der Waals surface area contributed by atoms with Crippen molar-refractivity contribution < 1.29 is 13.9 Å². The summed E-state index contributed by atoms with van der Waals surface area (Å²) in [7, 11) is 5.38. The van der Waals surface area contributed by atoms with Gasteiger partial charge in [0, 0.05) is 44.0 Å². The topological polar surface area (TPSA) is 82.3 Å². The summed E-state index contributed by atoms with van der Waals surface area (Å²) in [6, 6.07) is 11.2. The van der Waals surface area contributed by atoms with E-state index in [0.717, 1.165) is 67.3 Å². The number of hydrogen-bond donors (Lipinski definition) is 2. The fourth-order valence-corrected chi connectivity index (χ4v) is 4.33. The molecular formula is C25H29FN6O2. The molecule has 0 unspecified atom stereocenters. The van der Waals surface area contributed by atoms with E-state index in [9.17, 15) is 4.39 Å². The zero-order valence-electron chi connectivity index (χ0n) is 19.7. The summed E-state index contributed by atoms with van der Waals surface area (Å²) in [6.45, 7) is 3.44. The quantitative estimate of drug-likeness (QED) is 0.435. The van der Waals surface area contributed by atoms with Gasteiger partial charge in [-0.05, 0) is 49.7 Å². The van der Waals surface area contributed by atoms with Gasteiger partial charge in [-0.15, -0.1) is 0 Å². The maximum absolute atomic E-state index is 14.8. The van der Waals surface area contributed by atoms with E-state index in [0.29, 0.717) is 22.7 Å². The molecular weight excluding hydrogens is 435 g/mol. The van der Waals surface area contributed by atoms with Crippen LogP contribution in [0.5, 0.6) is 11.5 Å². The molecule has 1 fully saturated rings. The van der Waals surface area contributed by atoms with E-state index in [1.54, 1.807) is 14.2 Å². The summed E-state index contributed by atoms with van der Waals surface area (Å²) < 4.78 is 25.6. The Bertz CT molecular complexity index is 1270. The molecule has 2 N–H and O–H groups in total. The van der Waals surface area contributed by atoms with Crippen molar-refractivity contribution in [1.29, 1.82) is 0 Å². The number of nitrogens with zero attached hydrogens (tertiary/aromatic N) is 4. The Morgan fingerprint density at radius 2 is 1.68 bits per heavy atom. The average Bonchev–Trinajstić information content (AvgIpc) is 3.49. The predicted molar refractivity (Wildman–Crippen MR) is 130 cm³/mol. The van der Waals surface area contributed by atoms with Gasteiger partial charge in [0.25, 0.3) is 0 Å². The third-order valence-electron chi connectivity index (χ3n) is 6.36. The molecule has 4 aromatic rings. The Balaban J connectivity index is 1.32. The number of ether oxygens (including phenoxy) is 2. The third-order valence-corrected chi connectivity index (χ3v) is 6.36. The maximum atomic E-state index is 14.8. The van der Waals surface area contributed by atoms with Crippen LogP contribution in [0.15, 0.2) is 36.4 Å². The Kier molecular flexibility index (Phi) is 6.10. The molecule has 5 rings (SSSR count). The highest BCUT2D eigenvalue weighted by Crippen LogP contribution is 2.28. The van der Waals surface area contributed by atoms with E-state index in [1.807, 2.05) is 30.3 Å². The Labute approximate surface area is 197 Å². The molecule has 0 aliphatic carbocycles. The standard InChI is InChI=1S/C25H29FN6O2/c1-31-6-8-32(9-7-31)24-15-22-21(14-20(24)26)27-25(28-22)23-12-17(29-30-23)5-4-16-10-18(33-2)13-19(11-16)34-3/h10-15H,4-9H2,1-3H3,(H,27,28)(H,29,30). The molecule has 34 heavy (non-hydrogen) atoms.